The normalized spacial score (nSPS) is 10.8. The van der Waals surface area contributed by atoms with Crippen LogP contribution in [0.5, 0.6) is 11.5 Å². The summed E-state index contributed by atoms with van der Waals surface area (Å²) in [6.07, 6.45) is 0. The minimum Gasteiger partial charge on any atom is -0.489 e. The van der Waals surface area contributed by atoms with E-state index in [1.54, 1.807) is 6.07 Å². The molecule has 0 saturated heterocycles. The summed E-state index contributed by atoms with van der Waals surface area (Å²) < 4.78 is 34.5. The van der Waals surface area contributed by atoms with Gasteiger partial charge in [-0.3, -0.25) is 4.79 Å². The molecule has 1 N–H and O–H groups in total. The van der Waals surface area contributed by atoms with Gasteiger partial charge in [0.25, 0.3) is 5.91 Å². The van der Waals surface area contributed by atoms with Crippen molar-refractivity contribution in [2.75, 3.05) is 5.32 Å². The van der Waals surface area contributed by atoms with E-state index in [0.29, 0.717) is 17.2 Å². The first kappa shape index (κ1) is 19.8. The van der Waals surface area contributed by atoms with Gasteiger partial charge in [-0.25, -0.2) is 0 Å². The number of benzene rings is 2. The Morgan fingerprint density at radius 1 is 1.11 bits per heavy atom. The fourth-order valence-electron chi connectivity index (χ4n) is 2.51. The highest BCUT2D eigenvalue weighted by Gasteiger charge is 2.11. The highest BCUT2D eigenvalue weighted by atomic mass is 32.1. The summed E-state index contributed by atoms with van der Waals surface area (Å²) in [7, 11) is 0. The van der Waals surface area contributed by atoms with Gasteiger partial charge < -0.3 is 14.8 Å². The second-order valence-electron chi connectivity index (χ2n) is 6.23. The number of halogens is 2. The molecule has 0 unspecified atom stereocenters. The van der Waals surface area contributed by atoms with E-state index in [-0.39, 0.29) is 11.7 Å². The average Bonchev–Trinajstić information content (AvgIpc) is 3.13. The van der Waals surface area contributed by atoms with E-state index in [1.807, 2.05) is 37.4 Å². The van der Waals surface area contributed by atoms with Crippen LogP contribution < -0.4 is 14.8 Å². The highest BCUT2D eigenvalue weighted by molar-refractivity contribution is 7.12. The van der Waals surface area contributed by atoms with Crippen LogP contribution in [-0.2, 0) is 6.61 Å². The zero-order valence-corrected chi connectivity index (χ0v) is 16.2. The number of ether oxygens (including phenoxy) is 2. The lowest BCUT2D eigenvalue weighted by molar-refractivity contribution is -0.0498. The highest BCUT2D eigenvalue weighted by Crippen LogP contribution is 2.23. The summed E-state index contributed by atoms with van der Waals surface area (Å²) in [4.78, 5) is 12.9. The lowest BCUT2D eigenvalue weighted by Gasteiger charge is -2.09. The van der Waals surface area contributed by atoms with E-state index in [0.717, 1.165) is 22.4 Å². The zero-order valence-electron chi connectivity index (χ0n) is 15.4. The summed E-state index contributed by atoms with van der Waals surface area (Å²) in [5, 5.41) is 4.60. The van der Waals surface area contributed by atoms with Gasteiger partial charge in [-0.15, -0.1) is 11.3 Å². The molecule has 0 aliphatic carbocycles. The summed E-state index contributed by atoms with van der Waals surface area (Å²) in [6.45, 7) is 1.48. The summed E-state index contributed by atoms with van der Waals surface area (Å²) in [5.74, 6) is 0.587. The van der Waals surface area contributed by atoms with Crippen LogP contribution in [0.3, 0.4) is 0 Å². The number of hydrogen-bond acceptors (Lipinski definition) is 4. The van der Waals surface area contributed by atoms with Crippen molar-refractivity contribution in [3.05, 3.63) is 75.5 Å². The Morgan fingerprint density at radius 2 is 1.86 bits per heavy atom. The number of thiophene rings is 1. The van der Waals surface area contributed by atoms with Crippen molar-refractivity contribution in [2.24, 2.45) is 0 Å². The van der Waals surface area contributed by atoms with Crippen molar-refractivity contribution in [3.8, 4) is 11.5 Å². The van der Waals surface area contributed by atoms with E-state index in [2.05, 4.69) is 10.1 Å². The smallest absolute Gasteiger partial charge is 0.387 e. The molecule has 0 radical (unpaired) electrons. The number of aryl methyl sites for hydroxylation is 2. The first-order chi connectivity index (χ1) is 13.4. The molecule has 7 heteroatoms. The van der Waals surface area contributed by atoms with Gasteiger partial charge >= 0.3 is 6.61 Å². The van der Waals surface area contributed by atoms with E-state index in [4.69, 9.17) is 4.74 Å². The van der Waals surface area contributed by atoms with Gasteiger partial charge in [0, 0.05) is 11.3 Å². The van der Waals surface area contributed by atoms with Crippen LogP contribution in [0, 0.1) is 13.8 Å². The molecule has 4 nitrogen and oxygen atoms in total. The van der Waals surface area contributed by atoms with E-state index < -0.39 is 6.61 Å². The Hall–Kier alpha value is -2.93. The van der Waals surface area contributed by atoms with E-state index >= 15 is 0 Å². The van der Waals surface area contributed by atoms with Crippen molar-refractivity contribution < 1.29 is 23.0 Å². The Balaban J connectivity index is 1.58. The van der Waals surface area contributed by atoms with Gasteiger partial charge in [0.05, 0.1) is 4.88 Å². The number of nitrogens with one attached hydrogen (secondary N) is 1. The molecule has 0 fully saturated rings. The third-order valence-corrected chi connectivity index (χ3v) is 4.93. The van der Waals surface area contributed by atoms with Crippen LogP contribution in [0.2, 0.25) is 0 Å². The van der Waals surface area contributed by atoms with E-state index in [1.165, 1.54) is 35.6 Å². The maximum absolute atomic E-state index is 12.4. The van der Waals surface area contributed by atoms with Crippen molar-refractivity contribution in [3.63, 3.8) is 0 Å². The molecule has 0 aliphatic heterocycles. The van der Waals surface area contributed by atoms with Crippen LogP contribution in [0.4, 0.5) is 14.5 Å². The molecule has 3 rings (SSSR count). The average molecular weight is 403 g/mol. The van der Waals surface area contributed by atoms with Gasteiger partial charge in [0.1, 0.15) is 18.1 Å². The molecule has 0 spiro atoms. The topological polar surface area (TPSA) is 47.6 Å². The number of alkyl halides is 2. The Kier molecular flexibility index (Phi) is 6.26. The fourth-order valence-corrected chi connectivity index (χ4v) is 3.30. The number of amides is 1. The van der Waals surface area contributed by atoms with E-state index in [9.17, 15) is 13.6 Å². The maximum atomic E-state index is 12.4. The number of hydrogen-bond donors (Lipinski definition) is 1. The molecular weight excluding hydrogens is 384 g/mol. The van der Waals surface area contributed by atoms with Gasteiger partial charge in [-0.1, -0.05) is 12.1 Å². The molecule has 0 aliphatic rings. The molecule has 0 saturated carbocycles. The van der Waals surface area contributed by atoms with Crippen molar-refractivity contribution in [2.45, 2.75) is 27.1 Å². The predicted molar refractivity (Wildman–Crippen MR) is 106 cm³/mol. The lowest BCUT2D eigenvalue weighted by atomic mass is 10.1. The SMILES string of the molecule is Cc1ccc(C)c(OCc2csc(C(=O)Nc3ccc(OC(F)F)cc3)c2)c1. The van der Waals surface area contributed by atoms with Crippen LogP contribution in [0.15, 0.2) is 53.9 Å². The second kappa shape index (κ2) is 8.84. The number of carbonyl (C=O) groups excluding carboxylic acids is 1. The maximum Gasteiger partial charge on any atom is 0.387 e. The Morgan fingerprint density at radius 3 is 2.57 bits per heavy atom. The minimum atomic E-state index is -2.88. The molecule has 0 bridgehead atoms. The predicted octanol–water partition coefficient (Wildman–Crippen LogP) is 5.80. The van der Waals surface area contributed by atoms with Crippen molar-refractivity contribution in [1.82, 2.24) is 0 Å². The first-order valence-electron chi connectivity index (χ1n) is 8.54. The molecule has 0 atom stereocenters. The van der Waals surface area contributed by atoms with Gasteiger partial charge in [0.2, 0.25) is 0 Å². The third-order valence-electron chi connectivity index (χ3n) is 3.95. The number of carbonyl (C=O) groups is 1. The Bertz CT molecular complexity index is 955. The molecule has 3 aromatic rings. The van der Waals surface area contributed by atoms with Crippen molar-refractivity contribution >= 4 is 22.9 Å². The molecular formula is C21H19F2NO3S. The number of anilines is 1. The van der Waals surface area contributed by atoms with Crippen molar-refractivity contribution in [1.29, 1.82) is 0 Å². The van der Waals surface area contributed by atoms with Crippen LogP contribution >= 0.6 is 11.3 Å². The summed E-state index contributed by atoms with van der Waals surface area (Å²) in [6, 6.07) is 13.6. The van der Waals surface area contributed by atoms with Gasteiger partial charge in [0.15, 0.2) is 0 Å². The molecule has 2 aromatic carbocycles. The number of rotatable bonds is 7. The summed E-state index contributed by atoms with van der Waals surface area (Å²) in [5.41, 5.74) is 3.57. The van der Waals surface area contributed by atoms with Crippen LogP contribution in [0.1, 0.15) is 26.4 Å². The molecule has 28 heavy (non-hydrogen) atoms. The summed E-state index contributed by atoms with van der Waals surface area (Å²) >= 11 is 1.32. The standard InChI is InChI=1S/C21H19F2NO3S/c1-13-3-4-14(2)18(9-13)26-11-15-10-19(28-12-15)20(25)24-16-5-7-17(8-6-16)27-21(22)23/h3-10,12,21H,11H2,1-2H3,(H,24,25). The van der Waals surface area contributed by atoms with Gasteiger partial charge in [-0.05, 0) is 66.8 Å². The molecule has 1 aromatic heterocycles. The first-order valence-corrected chi connectivity index (χ1v) is 9.42. The Labute approximate surface area is 165 Å². The van der Waals surface area contributed by atoms with Gasteiger partial charge in [-0.2, -0.15) is 8.78 Å². The fraction of sp³-hybridized carbons (Fsp3) is 0.190. The third kappa shape index (κ3) is 5.29. The quantitative estimate of drug-likeness (QED) is 0.543. The van der Waals surface area contributed by atoms with Crippen LogP contribution in [0.25, 0.3) is 0 Å². The lowest BCUT2D eigenvalue weighted by Crippen LogP contribution is -2.10. The minimum absolute atomic E-state index is 0.0370. The second-order valence-corrected chi connectivity index (χ2v) is 7.15. The monoisotopic (exact) mass is 403 g/mol. The zero-order chi connectivity index (χ0) is 20.1. The molecule has 1 amide bonds. The van der Waals surface area contributed by atoms with Crippen LogP contribution in [-0.4, -0.2) is 12.5 Å². The molecule has 1 heterocycles. The molecule has 146 valence electrons. The largest absolute Gasteiger partial charge is 0.489 e.